The molecule has 10 heteroatoms. The van der Waals surface area contributed by atoms with Crippen molar-refractivity contribution in [2.24, 2.45) is 11.3 Å². The Morgan fingerprint density at radius 3 is 2.65 bits per heavy atom. The van der Waals surface area contributed by atoms with Crippen LogP contribution in [0.2, 0.25) is 0 Å². The molecule has 0 aromatic carbocycles. The van der Waals surface area contributed by atoms with Gasteiger partial charge in [0, 0.05) is 18.9 Å². The number of likely N-dealkylation sites (tertiary alicyclic amines) is 1. The second kappa shape index (κ2) is 10.3. The molecule has 6 N–H and O–H groups in total. The van der Waals surface area contributed by atoms with Gasteiger partial charge in [-0.05, 0) is 48.7 Å². The Bertz CT molecular complexity index is 1020. The lowest BCUT2D eigenvalue weighted by Gasteiger charge is -2.37. The van der Waals surface area contributed by atoms with Crippen LogP contribution in [0.5, 0.6) is 0 Å². The second-order valence-corrected chi connectivity index (χ2v) is 11.8. The van der Waals surface area contributed by atoms with Crippen LogP contribution in [-0.2, 0) is 14.4 Å². The number of carbonyl (C=O) groups is 3. The minimum Gasteiger partial charge on any atom is -0.479 e. The van der Waals surface area contributed by atoms with E-state index in [1.807, 2.05) is 26.8 Å². The van der Waals surface area contributed by atoms with Gasteiger partial charge in [-0.2, -0.15) is 0 Å². The van der Waals surface area contributed by atoms with E-state index in [-0.39, 0.29) is 11.8 Å². The lowest BCUT2D eigenvalue weighted by Crippen LogP contribution is -2.63. The molecule has 0 bridgehead atoms. The molecule has 204 valence electrons. The van der Waals surface area contributed by atoms with Crippen LogP contribution < -0.4 is 16.0 Å². The highest BCUT2D eigenvalue weighted by Crippen LogP contribution is 2.45. The molecule has 2 amide bonds. The van der Waals surface area contributed by atoms with Crippen LogP contribution in [0.15, 0.2) is 36.0 Å². The van der Waals surface area contributed by atoms with E-state index in [1.165, 1.54) is 6.08 Å². The molecule has 4 aliphatic rings. The van der Waals surface area contributed by atoms with Crippen molar-refractivity contribution in [3.63, 3.8) is 0 Å². The van der Waals surface area contributed by atoms with Gasteiger partial charge in [0.1, 0.15) is 5.54 Å². The summed E-state index contributed by atoms with van der Waals surface area (Å²) in [6.45, 7) is 9.70. The summed E-state index contributed by atoms with van der Waals surface area (Å²) < 4.78 is 0. The first-order valence-electron chi connectivity index (χ1n) is 13.1. The number of carboxylic acid groups (broad SMARTS) is 1. The lowest BCUT2D eigenvalue weighted by molar-refractivity contribution is -0.146. The zero-order valence-corrected chi connectivity index (χ0v) is 21.9. The molecule has 1 aliphatic heterocycles. The average molecular weight is 517 g/mol. The normalized spacial score (nSPS) is 33.0. The van der Waals surface area contributed by atoms with Gasteiger partial charge in [-0.15, -0.1) is 6.58 Å². The van der Waals surface area contributed by atoms with Gasteiger partial charge in [-0.1, -0.05) is 39.0 Å². The average Bonchev–Trinajstić information content (AvgIpc) is 3.17. The van der Waals surface area contributed by atoms with Crippen molar-refractivity contribution in [3.05, 3.63) is 36.0 Å². The quantitative estimate of drug-likeness (QED) is 0.194. The maximum atomic E-state index is 13.5. The summed E-state index contributed by atoms with van der Waals surface area (Å²) in [4.78, 5) is 39.9. The third-order valence-electron chi connectivity index (χ3n) is 8.18. The Balaban J connectivity index is 1.44. The molecular weight excluding hydrogens is 476 g/mol. The molecule has 1 heterocycles. The van der Waals surface area contributed by atoms with Crippen LogP contribution in [0.1, 0.15) is 59.3 Å². The Morgan fingerprint density at radius 2 is 2.03 bits per heavy atom. The van der Waals surface area contributed by atoms with Crippen molar-refractivity contribution >= 4 is 17.8 Å². The fourth-order valence-electron chi connectivity index (χ4n) is 5.93. The number of hydrogen-bond acceptors (Lipinski definition) is 7. The zero-order valence-electron chi connectivity index (χ0n) is 21.9. The summed E-state index contributed by atoms with van der Waals surface area (Å²) in [5.41, 5.74) is 0.194. The van der Waals surface area contributed by atoms with Crippen molar-refractivity contribution in [1.82, 2.24) is 20.9 Å². The minimum absolute atomic E-state index is 0.290. The molecule has 37 heavy (non-hydrogen) atoms. The predicted octanol–water partition coefficient (Wildman–Crippen LogP) is 0.773. The monoisotopic (exact) mass is 516 g/mol. The summed E-state index contributed by atoms with van der Waals surface area (Å²) in [6, 6.07) is -2.02. The van der Waals surface area contributed by atoms with Gasteiger partial charge in [-0.25, -0.2) is 4.79 Å². The van der Waals surface area contributed by atoms with Gasteiger partial charge < -0.3 is 26.0 Å². The van der Waals surface area contributed by atoms with E-state index in [0.29, 0.717) is 32.2 Å². The van der Waals surface area contributed by atoms with E-state index >= 15 is 0 Å². The summed E-state index contributed by atoms with van der Waals surface area (Å²) in [7, 11) is 0. The number of aliphatic hydroxyl groups is 2. The number of aliphatic carboxylic acids is 1. The number of rotatable bonds is 9. The number of nitrogens with zero attached hydrogens (tertiary/aromatic N) is 1. The molecule has 10 nitrogen and oxygen atoms in total. The molecule has 7 atom stereocenters. The fraction of sp³-hybridized carbons (Fsp3) is 0.667. The summed E-state index contributed by atoms with van der Waals surface area (Å²) in [5, 5.41) is 40.1. The molecular formula is C27H40N4O6. The maximum absolute atomic E-state index is 13.5. The van der Waals surface area contributed by atoms with Crippen molar-refractivity contribution < 1.29 is 29.7 Å². The van der Waals surface area contributed by atoms with Crippen LogP contribution >= 0.6 is 0 Å². The standard InChI is InChI=1S/C27H40N4O6/c1-5-16-14-27(16,24(35)36)30-22(33)18-11-8-12-31(18)25(37)29-21(26(2,3)4)23(34)28-20-17-10-7-6-9-15(17)13-19(20)32/h5-6,9,16,18-21,25,29,32,37H,1,7-8,10-14H2,2-4H3,(H,28,34)(H,30,33)(H,35,36)/t16?,18-,19?,20?,21?,25?,27?/m0/s1. The van der Waals surface area contributed by atoms with Gasteiger partial charge in [0.2, 0.25) is 11.8 Å². The van der Waals surface area contributed by atoms with Crippen molar-refractivity contribution in [2.45, 2.75) is 95.4 Å². The summed E-state index contributed by atoms with van der Waals surface area (Å²) in [6.07, 6.45) is 7.19. The minimum atomic E-state index is -1.34. The van der Waals surface area contributed by atoms with Crippen LogP contribution in [0.4, 0.5) is 0 Å². The highest BCUT2D eigenvalue weighted by molar-refractivity contribution is 5.92. The van der Waals surface area contributed by atoms with Gasteiger partial charge >= 0.3 is 5.97 Å². The van der Waals surface area contributed by atoms with Gasteiger partial charge in [0.05, 0.1) is 24.2 Å². The third kappa shape index (κ3) is 5.38. The molecule has 0 aromatic heterocycles. The molecule has 4 rings (SSSR count). The van der Waals surface area contributed by atoms with E-state index in [1.54, 1.807) is 4.90 Å². The second-order valence-electron chi connectivity index (χ2n) is 11.8. The first-order chi connectivity index (χ1) is 17.4. The SMILES string of the molecule is C=CC1CC1(NC(=O)[C@@H]1CCCN1C(O)NC(C(=O)NC1C2=C(C=CCC2)CC1O)C(C)(C)C)C(=O)O. The molecule has 0 spiro atoms. The van der Waals surface area contributed by atoms with Gasteiger partial charge in [-0.3, -0.25) is 19.8 Å². The molecule has 0 radical (unpaired) electrons. The molecule has 3 aliphatic carbocycles. The van der Waals surface area contributed by atoms with E-state index in [0.717, 1.165) is 24.0 Å². The molecule has 1 saturated heterocycles. The number of carboxylic acids is 1. The van der Waals surface area contributed by atoms with E-state index < -0.39 is 53.4 Å². The highest BCUT2D eigenvalue weighted by Gasteiger charge is 2.61. The van der Waals surface area contributed by atoms with Crippen molar-refractivity contribution in [2.75, 3.05) is 6.54 Å². The smallest absolute Gasteiger partial charge is 0.330 e. The fourth-order valence-corrected chi connectivity index (χ4v) is 5.93. The number of nitrogens with one attached hydrogen (secondary N) is 3. The van der Waals surface area contributed by atoms with E-state index in [9.17, 15) is 29.7 Å². The number of hydrogen-bond donors (Lipinski definition) is 6. The van der Waals surface area contributed by atoms with E-state index in [2.05, 4.69) is 28.6 Å². The van der Waals surface area contributed by atoms with Crippen molar-refractivity contribution in [3.8, 4) is 0 Å². The van der Waals surface area contributed by atoms with Crippen LogP contribution in [0.3, 0.4) is 0 Å². The Morgan fingerprint density at radius 1 is 1.30 bits per heavy atom. The van der Waals surface area contributed by atoms with Crippen LogP contribution in [0.25, 0.3) is 0 Å². The Kier molecular flexibility index (Phi) is 7.67. The number of allylic oxidation sites excluding steroid dienone is 2. The Labute approximate surface area is 217 Å². The number of amides is 2. The largest absolute Gasteiger partial charge is 0.479 e. The predicted molar refractivity (Wildman–Crippen MR) is 137 cm³/mol. The topological polar surface area (TPSA) is 151 Å². The first-order valence-corrected chi connectivity index (χ1v) is 13.1. The molecule has 6 unspecified atom stereocenters. The third-order valence-corrected chi connectivity index (χ3v) is 8.18. The van der Waals surface area contributed by atoms with Crippen LogP contribution in [-0.4, -0.2) is 80.7 Å². The molecule has 2 fully saturated rings. The lowest BCUT2D eigenvalue weighted by atomic mass is 9.85. The summed E-state index contributed by atoms with van der Waals surface area (Å²) in [5.74, 6) is -2.22. The molecule has 0 aromatic rings. The highest BCUT2D eigenvalue weighted by atomic mass is 16.4. The summed E-state index contributed by atoms with van der Waals surface area (Å²) >= 11 is 0. The number of aliphatic hydroxyl groups excluding tert-OH is 2. The zero-order chi connectivity index (χ0) is 27.1. The molecule has 1 saturated carbocycles. The Hall–Kier alpha value is -2.53. The van der Waals surface area contributed by atoms with Gasteiger partial charge in [0.25, 0.3) is 0 Å². The maximum Gasteiger partial charge on any atom is 0.330 e. The van der Waals surface area contributed by atoms with Crippen molar-refractivity contribution in [1.29, 1.82) is 0 Å². The number of carbonyl (C=O) groups excluding carboxylic acids is 2. The first kappa shape index (κ1) is 27.5. The van der Waals surface area contributed by atoms with E-state index in [4.69, 9.17) is 0 Å². The van der Waals surface area contributed by atoms with Gasteiger partial charge in [0.15, 0.2) is 6.35 Å². The van der Waals surface area contributed by atoms with Crippen LogP contribution in [0, 0.1) is 11.3 Å².